The summed E-state index contributed by atoms with van der Waals surface area (Å²) in [5, 5.41) is 33.6. The van der Waals surface area contributed by atoms with E-state index in [4.69, 9.17) is 34.9 Å². The van der Waals surface area contributed by atoms with Crippen LogP contribution in [0.5, 0.6) is 17.4 Å². The van der Waals surface area contributed by atoms with Gasteiger partial charge in [-0.3, -0.25) is 24.5 Å². The first-order valence-electron chi connectivity index (χ1n) is 25.5. The maximum atomic E-state index is 13.6. The average Bonchev–Trinajstić information content (AvgIpc) is 4.19. The summed E-state index contributed by atoms with van der Waals surface area (Å²) in [6.45, 7) is 5.25. The number of hydrogen-bond donors (Lipinski definition) is 8. The van der Waals surface area contributed by atoms with E-state index in [2.05, 4.69) is 68.4 Å². The summed E-state index contributed by atoms with van der Waals surface area (Å²) < 4.78 is 27.9. The van der Waals surface area contributed by atoms with Gasteiger partial charge in [-0.2, -0.15) is 21.7 Å². The van der Waals surface area contributed by atoms with E-state index >= 15 is 0 Å². The number of benzene rings is 3. The number of aromatic nitrogens is 4. The number of aromatic amines is 1. The molecular weight excluding hydrogens is 1060 g/mol. The third kappa shape index (κ3) is 16.9. The van der Waals surface area contributed by atoms with Crippen molar-refractivity contribution >= 4 is 70.2 Å². The number of ether oxygens (including phenoxy) is 5. The molecule has 2 aliphatic rings. The van der Waals surface area contributed by atoms with Gasteiger partial charge in [0.1, 0.15) is 24.8 Å². The SMILES string of the molecule is C=C1NC2CSC(CCCCNC(=O)OCCN(CC(=O)NCCNC(=O)OC(C)c3cc(OC)c(OCCCC(=O)NCc4ccc(COc5nc(N)nc6nc[nH]c56)cc4)cc3[N+](=O)[O-])C(=O)c3ccc(N=[N+]=[N-])cc3)C2N1. The molecule has 2 fully saturated rings. The molecular formula is C51H62N16O12S. The number of amides is 5. The zero-order chi connectivity index (χ0) is 57.0. The van der Waals surface area contributed by atoms with Gasteiger partial charge in [-0.05, 0) is 61.0 Å². The summed E-state index contributed by atoms with van der Waals surface area (Å²) in [6, 6.07) is 16.4. The Morgan fingerprint density at radius 3 is 2.46 bits per heavy atom. The molecule has 0 radical (unpaired) electrons. The molecule has 0 bridgehead atoms. The fourth-order valence-electron chi connectivity index (χ4n) is 8.58. The monoisotopic (exact) mass is 1120 g/mol. The van der Waals surface area contributed by atoms with Crippen LogP contribution in [0.3, 0.4) is 0 Å². The van der Waals surface area contributed by atoms with Crippen LogP contribution in [0.4, 0.5) is 26.9 Å². The molecule has 4 heterocycles. The van der Waals surface area contributed by atoms with Gasteiger partial charge in [0.2, 0.25) is 23.6 Å². The number of fused-ring (bicyclic) bond motifs is 2. The Morgan fingerprint density at radius 2 is 1.70 bits per heavy atom. The predicted molar refractivity (Wildman–Crippen MR) is 293 cm³/mol. The van der Waals surface area contributed by atoms with Crippen LogP contribution in [0.15, 0.2) is 84.5 Å². The van der Waals surface area contributed by atoms with Crippen molar-refractivity contribution in [2.45, 2.75) is 75.6 Å². The van der Waals surface area contributed by atoms with E-state index in [-0.39, 0.29) is 105 Å². The summed E-state index contributed by atoms with van der Waals surface area (Å²) in [6.07, 6.45) is 1.71. The standard InChI is InChI=1S/C51H62N16O12S/c1-30(36-23-39(75-3)40(24-38(36)67(73)74)76-21-6-8-42(68)57-25-32-9-11-33(12-10-32)27-78-47-45-46(59-29-58-45)62-49(52)63-47)79-51(72)56-19-18-54-43(69)26-66(48(70)34-13-15-35(16-14-34)64-65-53)20-22-77-50(71)55-17-5-4-7-41-44-37(28-80-41)60-31(2)61-44/h9-16,23-24,29-30,37,41,44,60-61H,2,4-8,17-22,25-28H2,1,3H3,(H,54,69)(H,55,71)(H,56,72)(H,57,68)(H3,52,58,59,62,63). The second-order valence-electron chi connectivity index (χ2n) is 18.3. The number of nitrogens with two attached hydrogens (primary N) is 1. The van der Waals surface area contributed by atoms with E-state index in [1.165, 1.54) is 55.6 Å². The number of rotatable bonds is 29. The number of nitro benzene ring substituents is 1. The summed E-state index contributed by atoms with van der Waals surface area (Å²) >= 11 is 1.92. The van der Waals surface area contributed by atoms with Gasteiger partial charge in [-0.15, -0.1) is 0 Å². The second kappa shape index (κ2) is 28.9. The number of nitrogens with zero attached hydrogens (tertiary/aromatic N) is 8. The number of alkyl carbamates (subject to hydrolysis) is 2. The van der Waals surface area contributed by atoms with Crippen molar-refractivity contribution in [1.29, 1.82) is 0 Å². The van der Waals surface area contributed by atoms with Gasteiger partial charge in [0, 0.05) is 59.8 Å². The molecule has 2 saturated heterocycles. The van der Waals surface area contributed by atoms with Crippen LogP contribution in [0, 0.1) is 10.1 Å². The van der Waals surface area contributed by atoms with E-state index in [9.17, 15) is 34.1 Å². The van der Waals surface area contributed by atoms with Gasteiger partial charge in [0.15, 0.2) is 17.1 Å². The van der Waals surface area contributed by atoms with Crippen molar-refractivity contribution in [3.05, 3.63) is 122 Å². The van der Waals surface area contributed by atoms with E-state index in [1.54, 1.807) is 0 Å². The lowest BCUT2D eigenvalue weighted by atomic mass is 10.0. The molecule has 9 N–H and O–H groups in total. The minimum atomic E-state index is -1.15. The number of nitrogen functional groups attached to an aromatic ring is 1. The third-order valence-corrected chi connectivity index (χ3v) is 14.1. The number of thioether (sulfide) groups is 1. The summed E-state index contributed by atoms with van der Waals surface area (Å²) in [7, 11) is 1.34. The Morgan fingerprint density at radius 1 is 0.938 bits per heavy atom. The van der Waals surface area contributed by atoms with Crippen molar-refractivity contribution in [3.63, 3.8) is 0 Å². The summed E-state index contributed by atoms with van der Waals surface area (Å²) in [5.41, 5.74) is 17.2. The normalized spacial score (nSPS) is 15.4. The highest BCUT2D eigenvalue weighted by Crippen LogP contribution is 2.39. The van der Waals surface area contributed by atoms with Crippen LogP contribution in [-0.2, 0) is 32.2 Å². The van der Waals surface area contributed by atoms with E-state index in [0.717, 1.165) is 48.0 Å². The lowest BCUT2D eigenvalue weighted by Crippen LogP contribution is -2.44. The lowest BCUT2D eigenvalue weighted by molar-refractivity contribution is -0.386. The van der Waals surface area contributed by atoms with Gasteiger partial charge in [-0.1, -0.05) is 54.5 Å². The van der Waals surface area contributed by atoms with E-state index < -0.39 is 47.3 Å². The first kappa shape index (κ1) is 58.4. The van der Waals surface area contributed by atoms with E-state index in [0.29, 0.717) is 35.0 Å². The molecule has 424 valence electrons. The van der Waals surface area contributed by atoms with Crippen LogP contribution in [0.2, 0.25) is 0 Å². The Balaban J connectivity index is 0.803. The van der Waals surface area contributed by atoms with Crippen molar-refractivity contribution < 1.29 is 52.6 Å². The van der Waals surface area contributed by atoms with Gasteiger partial charge < -0.3 is 71.2 Å². The fourth-order valence-corrected chi connectivity index (χ4v) is 10.1. The molecule has 0 saturated carbocycles. The van der Waals surface area contributed by atoms with Crippen LogP contribution >= 0.6 is 11.8 Å². The van der Waals surface area contributed by atoms with Crippen molar-refractivity contribution in [2.75, 3.05) is 64.5 Å². The van der Waals surface area contributed by atoms with Gasteiger partial charge in [0.05, 0.1) is 67.6 Å². The van der Waals surface area contributed by atoms with Crippen molar-refractivity contribution in [2.24, 2.45) is 5.11 Å². The van der Waals surface area contributed by atoms with E-state index in [1.807, 2.05) is 36.0 Å². The van der Waals surface area contributed by atoms with Gasteiger partial charge in [-0.25, -0.2) is 14.6 Å². The highest BCUT2D eigenvalue weighted by Gasteiger charge is 2.40. The van der Waals surface area contributed by atoms with Gasteiger partial charge in [0.25, 0.3) is 11.6 Å². The number of hydrogen-bond acceptors (Lipinski definition) is 20. The molecule has 5 aromatic rings. The fraction of sp³-hybridized carbons (Fsp3) is 0.412. The molecule has 2 aliphatic heterocycles. The highest BCUT2D eigenvalue weighted by atomic mass is 32.2. The smallest absolute Gasteiger partial charge is 0.407 e. The van der Waals surface area contributed by atoms with Crippen molar-refractivity contribution in [1.82, 2.24) is 56.7 Å². The van der Waals surface area contributed by atoms with Gasteiger partial charge >= 0.3 is 12.2 Å². The van der Waals surface area contributed by atoms with Crippen LogP contribution < -0.4 is 51.8 Å². The summed E-state index contributed by atoms with van der Waals surface area (Å²) in [5.74, 6) is 0.947. The van der Waals surface area contributed by atoms with Crippen LogP contribution in [-0.4, -0.2) is 136 Å². The largest absolute Gasteiger partial charge is 0.493 e. The third-order valence-electron chi connectivity index (χ3n) is 12.6. The number of anilines is 1. The number of imidazole rings is 1. The number of azide groups is 1. The topological polar surface area (TPSA) is 379 Å². The number of carbonyl (C=O) groups excluding carboxylic acids is 5. The Labute approximate surface area is 462 Å². The molecule has 0 spiro atoms. The number of H-pyrrole nitrogens is 1. The maximum absolute atomic E-state index is 13.6. The zero-order valence-corrected chi connectivity index (χ0v) is 44.8. The van der Waals surface area contributed by atoms with Crippen LogP contribution in [0.1, 0.15) is 72.2 Å². The van der Waals surface area contributed by atoms with Crippen molar-refractivity contribution in [3.8, 4) is 17.4 Å². The Bertz CT molecular complexity index is 3050. The molecule has 4 atom stereocenters. The first-order chi connectivity index (χ1) is 38.7. The maximum Gasteiger partial charge on any atom is 0.407 e. The lowest BCUT2D eigenvalue weighted by Gasteiger charge is -2.22. The highest BCUT2D eigenvalue weighted by molar-refractivity contribution is 8.00. The molecule has 7 rings (SSSR count). The molecule has 80 heavy (non-hydrogen) atoms. The molecule has 5 amide bonds. The second-order valence-corrected chi connectivity index (χ2v) is 19.5. The molecule has 0 aliphatic carbocycles. The first-order valence-corrected chi connectivity index (χ1v) is 26.6. The Hall–Kier alpha value is -9.24. The molecule has 4 unspecified atom stereocenters. The number of methoxy groups -OCH3 is 1. The number of nitro groups is 1. The summed E-state index contributed by atoms with van der Waals surface area (Å²) in [4.78, 5) is 95.4. The minimum Gasteiger partial charge on any atom is -0.493 e. The molecule has 28 nitrogen and oxygen atoms in total. The predicted octanol–water partition coefficient (Wildman–Crippen LogP) is 5.31. The van der Waals surface area contributed by atoms with Crippen LogP contribution in [0.25, 0.3) is 21.6 Å². The Kier molecular flexibility index (Phi) is 21.1. The quantitative estimate of drug-likeness (QED) is 0.00751. The number of unbranched alkanes of at least 4 members (excludes halogenated alkanes) is 1. The average molecular weight is 1120 g/mol. The zero-order valence-electron chi connectivity index (χ0n) is 43.9. The number of carbonyl (C=O) groups is 5. The molecule has 3 aromatic carbocycles. The molecule has 29 heteroatoms. The molecule has 2 aromatic heterocycles. The minimum absolute atomic E-state index is 0.00620. The number of nitrogens with one attached hydrogen (secondary N) is 7.